The van der Waals surface area contributed by atoms with Crippen molar-refractivity contribution in [1.82, 2.24) is 0 Å². The van der Waals surface area contributed by atoms with Crippen LogP contribution in [0.15, 0.2) is 18.2 Å². The van der Waals surface area contributed by atoms with Crippen LogP contribution >= 0.6 is 0 Å². The van der Waals surface area contributed by atoms with Crippen LogP contribution in [0.4, 0.5) is 5.69 Å². The van der Waals surface area contributed by atoms with Crippen molar-refractivity contribution in [3.05, 3.63) is 29.3 Å². The third kappa shape index (κ3) is 7.15. The zero-order valence-electron chi connectivity index (χ0n) is 11.9. The van der Waals surface area contributed by atoms with E-state index in [1.807, 2.05) is 19.1 Å². The number of aliphatic hydroxyl groups excluding tert-OH is 1. The van der Waals surface area contributed by atoms with Gasteiger partial charge in [0.25, 0.3) is 0 Å². The first-order valence-electron chi connectivity index (χ1n) is 6.87. The molecule has 1 rings (SSSR count). The Morgan fingerprint density at radius 1 is 1.05 bits per heavy atom. The van der Waals surface area contributed by atoms with Crippen LogP contribution in [0.25, 0.3) is 0 Å². The van der Waals surface area contributed by atoms with E-state index in [0.29, 0.717) is 19.8 Å². The Bertz CT molecular complexity index is 355. The van der Waals surface area contributed by atoms with E-state index in [-0.39, 0.29) is 6.61 Å². The minimum Gasteiger partial charge on any atom is -0.392 e. The second kappa shape index (κ2) is 9.78. The lowest BCUT2D eigenvalue weighted by atomic mass is 10.1. The largest absolute Gasteiger partial charge is 0.392 e. The molecule has 0 aliphatic carbocycles. The average Bonchev–Trinajstić information content (AvgIpc) is 2.41. The zero-order chi connectivity index (χ0) is 13.9. The van der Waals surface area contributed by atoms with Crippen molar-refractivity contribution in [1.29, 1.82) is 0 Å². The summed E-state index contributed by atoms with van der Waals surface area (Å²) in [6.07, 6.45) is 1.04. The molecule has 108 valence electrons. The van der Waals surface area contributed by atoms with E-state index < -0.39 is 0 Å². The lowest BCUT2D eigenvalue weighted by Gasteiger charge is -2.10. The number of anilines is 1. The summed E-state index contributed by atoms with van der Waals surface area (Å²) in [6.45, 7) is 7.68. The Morgan fingerprint density at radius 2 is 1.79 bits per heavy atom. The molecule has 1 aromatic carbocycles. The monoisotopic (exact) mass is 267 g/mol. The van der Waals surface area contributed by atoms with Gasteiger partial charge in [-0.1, -0.05) is 13.0 Å². The maximum atomic E-state index is 9.13. The van der Waals surface area contributed by atoms with Crippen molar-refractivity contribution in [2.24, 2.45) is 0 Å². The van der Waals surface area contributed by atoms with Crippen LogP contribution in [0.1, 0.15) is 24.5 Å². The second-order valence-electron chi connectivity index (χ2n) is 4.52. The van der Waals surface area contributed by atoms with Gasteiger partial charge in [-0.25, -0.2) is 0 Å². The quantitative estimate of drug-likeness (QED) is 0.639. The van der Waals surface area contributed by atoms with Crippen LogP contribution in [0, 0.1) is 6.92 Å². The van der Waals surface area contributed by atoms with Gasteiger partial charge in [0.2, 0.25) is 0 Å². The summed E-state index contributed by atoms with van der Waals surface area (Å²) >= 11 is 0. The molecule has 0 spiro atoms. The Morgan fingerprint density at radius 3 is 2.47 bits per heavy atom. The maximum Gasteiger partial charge on any atom is 0.0701 e. The van der Waals surface area contributed by atoms with E-state index in [1.54, 1.807) is 0 Å². The molecule has 0 aliphatic heterocycles. The Kier molecular flexibility index (Phi) is 8.21. The molecule has 0 atom stereocenters. The normalized spacial score (nSPS) is 10.7. The summed E-state index contributed by atoms with van der Waals surface area (Å²) in [7, 11) is 0. The number of benzene rings is 1. The smallest absolute Gasteiger partial charge is 0.0701 e. The van der Waals surface area contributed by atoms with E-state index >= 15 is 0 Å². The molecule has 19 heavy (non-hydrogen) atoms. The first-order valence-corrected chi connectivity index (χ1v) is 6.87. The molecule has 0 heterocycles. The van der Waals surface area contributed by atoms with Crippen molar-refractivity contribution in [3.8, 4) is 0 Å². The van der Waals surface area contributed by atoms with Crippen LogP contribution in [0.3, 0.4) is 0 Å². The standard InChI is InChI=1S/C15H25NO3/c1-3-5-18-7-8-19-6-4-16-15-10-13(2)9-14(11-15)12-17/h9-11,16-17H,3-8,12H2,1-2H3. The average molecular weight is 267 g/mol. The van der Waals surface area contributed by atoms with E-state index in [0.717, 1.165) is 36.4 Å². The molecule has 0 saturated carbocycles. The highest BCUT2D eigenvalue weighted by molar-refractivity contribution is 5.48. The summed E-state index contributed by atoms with van der Waals surface area (Å²) in [5, 5.41) is 12.4. The Hall–Kier alpha value is -1.10. The molecule has 0 fully saturated rings. The fourth-order valence-corrected chi connectivity index (χ4v) is 1.79. The third-order valence-corrected chi connectivity index (χ3v) is 2.62. The Labute approximate surface area is 115 Å². The molecular formula is C15H25NO3. The fraction of sp³-hybridized carbons (Fsp3) is 0.600. The van der Waals surface area contributed by atoms with Gasteiger partial charge in [0.1, 0.15) is 0 Å². The van der Waals surface area contributed by atoms with Gasteiger partial charge in [0, 0.05) is 18.8 Å². The molecular weight excluding hydrogens is 242 g/mol. The highest BCUT2D eigenvalue weighted by Crippen LogP contribution is 2.14. The van der Waals surface area contributed by atoms with Crippen molar-refractivity contribution in [3.63, 3.8) is 0 Å². The number of ether oxygens (including phenoxy) is 2. The highest BCUT2D eigenvalue weighted by Gasteiger charge is 1.97. The summed E-state index contributed by atoms with van der Waals surface area (Å²) in [4.78, 5) is 0. The van der Waals surface area contributed by atoms with Crippen molar-refractivity contribution >= 4 is 5.69 Å². The Balaban J connectivity index is 2.13. The molecule has 0 radical (unpaired) electrons. The second-order valence-corrected chi connectivity index (χ2v) is 4.52. The molecule has 4 nitrogen and oxygen atoms in total. The molecule has 4 heteroatoms. The van der Waals surface area contributed by atoms with Gasteiger partial charge in [-0.3, -0.25) is 0 Å². The number of aryl methyl sites for hydroxylation is 1. The van der Waals surface area contributed by atoms with Gasteiger partial charge in [-0.15, -0.1) is 0 Å². The lowest BCUT2D eigenvalue weighted by molar-refractivity contribution is 0.0519. The minimum atomic E-state index is 0.0711. The summed E-state index contributed by atoms with van der Waals surface area (Å²) in [5.74, 6) is 0. The number of aliphatic hydroxyl groups is 1. The highest BCUT2D eigenvalue weighted by atomic mass is 16.5. The van der Waals surface area contributed by atoms with Crippen LogP contribution in [-0.4, -0.2) is 38.1 Å². The molecule has 0 bridgehead atoms. The van der Waals surface area contributed by atoms with Crippen LogP contribution in [-0.2, 0) is 16.1 Å². The fourth-order valence-electron chi connectivity index (χ4n) is 1.79. The van der Waals surface area contributed by atoms with Gasteiger partial charge in [-0.05, 0) is 36.6 Å². The topological polar surface area (TPSA) is 50.7 Å². The van der Waals surface area contributed by atoms with Gasteiger partial charge >= 0.3 is 0 Å². The van der Waals surface area contributed by atoms with Crippen LogP contribution < -0.4 is 5.32 Å². The maximum absolute atomic E-state index is 9.13. The van der Waals surface area contributed by atoms with E-state index in [9.17, 15) is 0 Å². The summed E-state index contributed by atoms with van der Waals surface area (Å²) in [5.41, 5.74) is 3.09. The van der Waals surface area contributed by atoms with Crippen molar-refractivity contribution < 1.29 is 14.6 Å². The summed E-state index contributed by atoms with van der Waals surface area (Å²) < 4.78 is 10.8. The number of hydrogen-bond donors (Lipinski definition) is 2. The van der Waals surface area contributed by atoms with Crippen LogP contribution in [0.2, 0.25) is 0 Å². The predicted octanol–water partition coefficient (Wildman–Crippen LogP) is 2.34. The van der Waals surface area contributed by atoms with Gasteiger partial charge < -0.3 is 19.9 Å². The molecule has 2 N–H and O–H groups in total. The molecule has 0 saturated heterocycles. The van der Waals surface area contributed by atoms with Crippen LogP contribution in [0.5, 0.6) is 0 Å². The molecule has 0 unspecified atom stereocenters. The molecule has 0 aliphatic rings. The number of nitrogens with one attached hydrogen (secondary N) is 1. The lowest BCUT2D eigenvalue weighted by Crippen LogP contribution is -2.12. The third-order valence-electron chi connectivity index (χ3n) is 2.62. The number of hydrogen-bond acceptors (Lipinski definition) is 4. The zero-order valence-corrected chi connectivity index (χ0v) is 11.9. The van der Waals surface area contributed by atoms with E-state index in [1.165, 1.54) is 0 Å². The van der Waals surface area contributed by atoms with Crippen molar-refractivity contribution in [2.75, 3.05) is 38.3 Å². The SMILES string of the molecule is CCCOCCOCCNc1cc(C)cc(CO)c1. The number of rotatable bonds is 10. The first kappa shape index (κ1) is 16.0. The minimum absolute atomic E-state index is 0.0711. The van der Waals surface area contributed by atoms with Gasteiger partial charge in [0.15, 0.2) is 0 Å². The molecule has 0 amide bonds. The van der Waals surface area contributed by atoms with Gasteiger partial charge in [0.05, 0.1) is 26.4 Å². The van der Waals surface area contributed by atoms with E-state index in [2.05, 4.69) is 18.3 Å². The molecule has 1 aromatic rings. The predicted molar refractivity (Wildman–Crippen MR) is 77.5 cm³/mol. The van der Waals surface area contributed by atoms with E-state index in [4.69, 9.17) is 14.6 Å². The first-order chi connectivity index (χ1) is 9.26. The van der Waals surface area contributed by atoms with Crippen molar-refractivity contribution in [2.45, 2.75) is 26.9 Å². The summed E-state index contributed by atoms with van der Waals surface area (Å²) in [6, 6.07) is 5.99. The van der Waals surface area contributed by atoms with Gasteiger partial charge in [-0.2, -0.15) is 0 Å². The molecule has 0 aromatic heterocycles.